The van der Waals surface area contributed by atoms with Gasteiger partial charge in [-0.1, -0.05) is 13.8 Å². The van der Waals surface area contributed by atoms with Crippen LogP contribution >= 0.6 is 37.7 Å². The molecule has 0 saturated heterocycles. The molecule has 0 bridgehead atoms. The van der Waals surface area contributed by atoms with E-state index in [9.17, 15) is 0 Å². The molecule has 0 saturated carbocycles. The van der Waals surface area contributed by atoms with Crippen molar-refractivity contribution in [1.82, 2.24) is 19.1 Å². The minimum absolute atomic E-state index is 1.08. The summed E-state index contributed by atoms with van der Waals surface area (Å²) in [6, 6.07) is 0. The molecule has 0 N–H and O–H groups in total. The summed E-state index contributed by atoms with van der Waals surface area (Å²) in [5.74, 6) is 0. The summed E-state index contributed by atoms with van der Waals surface area (Å²) in [5, 5.41) is 0. The average molecular weight is 557 g/mol. The molecule has 0 aliphatic carbocycles. The van der Waals surface area contributed by atoms with E-state index in [2.05, 4.69) is 32.9 Å². The van der Waals surface area contributed by atoms with Crippen molar-refractivity contribution in [2.45, 2.75) is 39.8 Å². The zero-order chi connectivity index (χ0) is 16.1. The molecule has 0 fully saturated rings. The number of halogens is 4. The molecule has 0 amide bonds. The van der Waals surface area contributed by atoms with Crippen molar-refractivity contribution in [3.05, 3.63) is 37.4 Å². The maximum absolute atomic E-state index is 5.01. The molecule has 2 aromatic heterocycles. The number of hydrogen-bond acceptors (Lipinski definition) is 2. The summed E-state index contributed by atoms with van der Waals surface area (Å²) in [4.78, 5) is 7.81. The van der Waals surface area contributed by atoms with Gasteiger partial charge in [-0.3, -0.25) is 0 Å². The zero-order valence-corrected chi connectivity index (χ0v) is 17.2. The van der Waals surface area contributed by atoms with Gasteiger partial charge >= 0.3 is 49.6 Å². The molecular weight excluding hydrogens is 537 g/mol. The van der Waals surface area contributed by atoms with E-state index in [0.717, 1.165) is 13.1 Å². The van der Waals surface area contributed by atoms with Crippen LogP contribution in [0.4, 0.5) is 0 Å². The fourth-order valence-electron chi connectivity index (χ4n) is 1.35. The third-order valence-electron chi connectivity index (χ3n) is 2.08. The Kier molecular flexibility index (Phi) is 12.9. The molecular formula is C12H20Cl4N4Pt. The molecule has 0 spiro atoms. The van der Waals surface area contributed by atoms with Gasteiger partial charge in [0.25, 0.3) is 0 Å². The first-order valence-electron chi connectivity index (χ1n) is 6.26. The summed E-state index contributed by atoms with van der Waals surface area (Å²) in [5.41, 5.74) is 0. The van der Waals surface area contributed by atoms with Crippen LogP contribution in [-0.4, -0.2) is 19.1 Å². The van der Waals surface area contributed by atoms with Crippen LogP contribution in [0.25, 0.3) is 0 Å². The zero-order valence-electron chi connectivity index (χ0n) is 11.9. The summed E-state index contributed by atoms with van der Waals surface area (Å²) in [7, 11) is 20.0. The van der Waals surface area contributed by atoms with Crippen molar-refractivity contribution in [1.29, 1.82) is 0 Å². The van der Waals surface area contributed by atoms with Crippen LogP contribution < -0.4 is 0 Å². The number of aromatic nitrogens is 4. The van der Waals surface area contributed by atoms with Gasteiger partial charge in [0, 0.05) is 37.9 Å². The van der Waals surface area contributed by atoms with Gasteiger partial charge in [0.05, 0.1) is 12.7 Å². The van der Waals surface area contributed by atoms with E-state index >= 15 is 0 Å². The van der Waals surface area contributed by atoms with Crippen LogP contribution in [0.2, 0.25) is 0 Å². The van der Waals surface area contributed by atoms with Gasteiger partial charge in [-0.2, -0.15) is 0 Å². The van der Waals surface area contributed by atoms with Crippen LogP contribution in [-0.2, 0) is 25.0 Å². The maximum atomic E-state index is 5.01. The topological polar surface area (TPSA) is 35.6 Å². The Bertz CT molecular complexity index is 386. The van der Waals surface area contributed by atoms with Crippen LogP contribution in [0.3, 0.4) is 0 Å². The Balaban J connectivity index is 0.000000296. The van der Waals surface area contributed by atoms with Crippen molar-refractivity contribution in [3.63, 3.8) is 0 Å². The molecule has 0 atom stereocenters. The summed E-state index contributed by atoms with van der Waals surface area (Å²) in [6.07, 6.45) is 13.6. The van der Waals surface area contributed by atoms with E-state index in [1.54, 1.807) is 12.4 Å². The van der Waals surface area contributed by atoms with Gasteiger partial charge in [0.1, 0.15) is 0 Å². The Morgan fingerprint density at radius 2 is 1.14 bits per heavy atom. The van der Waals surface area contributed by atoms with E-state index in [1.165, 1.54) is 12.8 Å². The van der Waals surface area contributed by atoms with Crippen molar-refractivity contribution >= 4 is 37.7 Å². The first-order valence-corrected chi connectivity index (χ1v) is 17.5. The molecule has 0 radical (unpaired) electrons. The predicted molar refractivity (Wildman–Crippen MR) is 88.4 cm³/mol. The molecule has 0 aromatic carbocycles. The number of aryl methyl sites for hydroxylation is 2. The van der Waals surface area contributed by atoms with Gasteiger partial charge in [-0.25, -0.2) is 9.97 Å². The van der Waals surface area contributed by atoms with Crippen LogP contribution in [0.15, 0.2) is 37.4 Å². The molecule has 0 aliphatic rings. The number of rotatable bonds is 4. The van der Waals surface area contributed by atoms with Crippen molar-refractivity contribution < 1.29 is 11.9 Å². The quantitative estimate of drug-likeness (QED) is 0.509. The molecule has 21 heavy (non-hydrogen) atoms. The standard InChI is InChI=1S/2C6H10N2.4ClH.Pt/c2*1-2-4-8-5-3-7-6-8;;;;;/h2*3,5-6H,2,4H2,1H3;4*1H;/q;;;;;;+4/p-4. The molecule has 4 nitrogen and oxygen atoms in total. The molecule has 2 aromatic rings. The molecule has 2 heterocycles. The van der Waals surface area contributed by atoms with Gasteiger partial charge in [-0.15, -0.1) is 0 Å². The van der Waals surface area contributed by atoms with E-state index in [4.69, 9.17) is 37.7 Å². The van der Waals surface area contributed by atoms with Crippen LogP contribution in [0, 0.1) is 0 Å². The van der Waals surface area contributed by atoms with E-state index < -0.39 is 11.9 Å². The Morgan fingerprint density at radius 3 is 1.33 bits per heavy atom. The summed E-state index contributed by atoms with van der Waals surface area (Å²) in [6.45, 7) is 6.47. The van der Waals surface area contributed by atoms with Crippen molar-refractivity contribution in [2.75, 3.05) is 0 Å². The Labute approximate surface area is 145 Å². The molecule has 2 rings (SSSR count). The predicted octanol–water partition coefficient (Wildman–Crippen LogP) is 5.34. The van der Waals surface area contributed by atoms with Crippen LogP contribution in [0.1, 0.15) is 26.7 Å². The second-order valence-electron chi connectivity index (χ2n) is 3.87. The summed E-state index contributed by atoms with van der Waals surface area (Å²) < 4.78 is 4.14. The fraction of sp³-hybridized carbons (Fsp3) is 0.500. The second-order valence-corrected chi connectivity index (χ2v) is 23.6. The molecule has 126 valence electrons. The third kappa shape index (κ3) is 16.5. The fourth-order valence-corrected chi connectivity index (χ4v) is 1.35. The van der Waals surface area contributed by atoms with Gasteiger partial charge in [-0.05, 0) is 12.8 Å². The first-order chi connectivity index (χ1) is 9.86. The number of hydrogen-bond donors (Lipinski definition) is 0. The van der Waals surface area contributed by atoms with E-state index in [1.807, 2.05) is 25.0 Å². The van der Waals surface area contributed by atoms with E-state index in [-0.39, 0.29) is 0 Å². The normalized spacial score (nSPS) is 11.0. The number of imidazole rings is 2. The van der Waals surface area contributed by atoms with Gasteiger partial charge < -0.3 is 9.13 Å². The monoisotopic (exact) mass is 555 g/mol. The molecule has 0 aliphatic heterocycles. The minimum atomic E-state index is -3.06. The SMILES string of the molecule is CCCn1ccnc1.CCCn1ccnc1.[Cl][Pt]([Cl])([Cl])[Cl]. The molecule has 0 unspecified atom stereocenters. The first kappa shape index (κ1) is 21.3. The van der Waals surface area contributed by atoms with E-state index in [0.29, 0.717) is 0 Å². The Hall–Kier alpha value is 0.268. The van der Waals surface area contributed by atoms with Gasteiger partial charge in [0.2, 0.25) is 0 Å². The third-order valence-corrected chi connectivity index (χ3v) is 2.08. The average Bonchev–Trinajstić information content (AvgIpc) is 3.01. The van der Waals surface area contributed by atoms with Crippen molar-refractivity contribution in [3.8, 4) is 0 Å². The molecule has 9 heteroatoms. The Morgan fingerprint density at radius 1 is 0.810 bits per heavy atom. The summed E-state index contributed by atoms with van der Waals surface area (Å²) >= 11 is -3.06. The second kappa shape index (κ2) is 12.8. The van der Waals surface area contributed by atoms with Crippen molar-refractivity contribution in [2.24, 2.45) is 0 Å². The van der Waals surface area contributed by atoms with Gasteiger partial charge in [0.15, 0.2) is 0 Å². The number of nitrogens with zero attached hydrogens (tertiary/aromatic N) is 4. The van der Waals surface area contributed by atoms with Crippen LogP contribution in [0.5, 0.6) is 0 Å².